The van der Waals surface area contributed by atoms with Gasteiger partial charge in [0, 0.05) is 6.92 Å². The van der Waals surface area contributed by atoms with Gasteiger partial charge in [-0.1, -0.05) is 6.58 Å². The fraction of sp³-hybridized carbons (Fsp3) is 0.500. The van der Waals surface area contributed by atoms with Crippen molar-refractivity contribution in [2.45, 2.75) is 20.0 Å². The van der Waals surface area contributed by atoms with Crippen molar-refractivity contribution in [2.24, 2.45) is 0 Å². The normalized spacial score (nSPS) is 11.5. The summed E-state index contributed by atoms with van der Waals surface area (Å²) in [6, 6.07) is 0. The van der Waals surface area contributed by atoms with Gasteiger partial charge < -0.3 is 9.47 Å². The van der Waals surface area contributed by atoms with E-state index in [0.717, 1.165) is 0 Å². The summed E-state index contributed by atoms with van der Waals surface area (Å²) >= 11 is 0. The van der Waals surface area contributed by atoms with Crippen LogP contribution in [0.4, 0.5) is 0 Å². The third kappa shape index (κ3) is 3.75. The predicted molar refractivity (Wildman–Crippen MR) is 42.4 cm³/mol. The minimum Gasteiger partial charge on any atom is -0.463 e. The minimum atomic E-state index is -0.984. The van der Waals surface area contributed by atoms with Gasteiger partial charge in [0.15, 0.2) is 0 Å². The van der Waals surface area contributed by atoms with Crippen molar-refractivity contribution in [3.8, 4) is 0 Å². The van der Waals surface area contributed by atoms with Crippen molar-refractivity contribution in [1.29, 1.82) is 0 Å². The van der Waals surface area contributed by atoms with E-state index in [2.05, 4.69) is 16.1 Å². The number of esters is 2. The Morgan fingerprint density at radius 3 is 2.50 bits per heavy atom. The van der Waals surface area contributed by atoms with Crippen molar-refractivity contribution in [2.75, 3.05) is 6.61 Å². The number of hydrogen-bond acceptors (Lipinski definition) is 4. The number of carbonyl (C=O) groups excluding carboxylic acids is 2. The van der Waals surface area contributed by atoms with E-state index in [0.29, 0.717) is 0 Å². The molecule has 0 heterocycles. The van der Waals surface area contributed by atoms with Crippen LogP contribution in [0.2, 0.25) is 0 Å². The van der Waals surface area contributed by atoms with Gasteiger partial charge in [-0.15, -0.1) is 0 Å². The van der Waals surface area contributed by atoms with Crippen molar-refractivity contribution >= 4 is 11.9 Å². The van der Waals surface area contributed by atoms with Gasteiger partial charge in [-0.2, -0.15) is 0 Å². The molecule has 0 aliphatic heterocycles. The number of hydrogen-bond donors (Lipinski definition) is 0. The maximum Gasteiger partial charge on any atom is 0.351 e. The Bertz CT molecular complexity index is 185. The second-order valence-corrected chi connectivity index (χ2v) is 2.02. The smallest absolute Gasteiger partial charge is 0.351 e. The second-order valence-electron chi connectivity index (χ2n) is 2.02. The van der Waals surface area contributed by atoms with E-state index in [9.17, 15) is 9.59 Å². The molecule has 4 heteroatoms. The van der Waals surface area contributed by atoms with Gasteiger partial charge >= 0.3 is 11.9 Å². The third-order valence-corrected chi connectivity index (χ3v) is 1.03. The first-order valence-corrected chi connectivity index (χ1v) is 3.58. The Labute approximate surface area is 71.2 Å². The molecule has 12 heavy (non-hydrogen) atoms. The van der Waals surface area contributed by atoms with Gasteiger partial charge in [0.1, 0.15) is 0 Å². The molecule has 0 aliphatic carbocycles. The van der Waals surface area contributed by atoms with Crippen LogP contribution in [0.3, 0.4) is 0 Å². The van der Waals surface area contributed by atoms with Crippen LogP contribution in [0.5, 0.6) is 0 Å². The van der Waals surface area contributed by atoms with Crippen LogP contribution in [-0.4, -0.2) is 24.6 Å². The fourth-order valence-corrected chi connectivity index (χ4v) is 0.596. The molecule has 0 aromatic heterocycles. The average Bonchev–Trinajstić information content (AvgIpc) is 2.00. The lowest BCUT2D eigenvalue weighted by Crippen LogP contribution is -2.26. The molecule has 1 unspecified atom stereocenters. The highest BCUT2D eigenvalue weighted by molar-refractivity contribution is 5.80. The van der Waals surface area contributed by atoms with E-state index in [1.807, 2.05) is 0 Å². The van der Waals surface area contributed by atoms with Crippen molar-refractivity contribution < 1.29 is 19.1 Å². The first kappa shape index (κ1) is 10.7. The van der Waals surface area contributed by atoms with Crippen molar-refractivity contribution in [3.63, 3.8) is 0 Å². The average molecular weight is 172 g/mol. The van der Waals surface area contributed by atoms with Gasteiger partial charge in [0.05, 0.1) is 6.61 Å². The summed E-state index contributed by atoms with van der Waals surface area (Å²) in [4.78, 5) is 21.4. The molecule has 4 nitrogen and oxygen atoms in total. The van der Waals surface area contributed by atoms with Gasteiger partial charge in [-0.3, -0.25) is 4.79 Å². The molecule has 0 fully saturated rings. The summed E-state index contributed by atoms with van der Waals surface area (Å²) in [5.41, 5.74) is 0. The molecule has 0 amide bonds. The zero-order valence-electron chi connectivity index (χ0n) is 7.20. The number of ether oxygens (including phenoxy) is 2. The Hall–Kier alpha value is -1.32. The highest BCUT2D eigenvalue weighted by atomic mass is 16.6. The SMILES string of the molecule is C=CC(OC(C)=O)C(=O)OCC. The maximum atomic E-state index is 10.9. The van der Waals surface area contributed by atoms with Crippen LogP contribution >= 0.6 is 0 Å². The monoisotopic (exact) mass is 172 g/mol. The molecule has 0 radical (unpaired) electrons. The van der Waals surface area contributed by atoms with Gasteiger partial charge in [0.25, 0.3) is 0 Å². The van der Waals surface area contributed by atoms with E-state index in [4.69, 9.17) is 0 Å². The molecule has 0 bridgehead atoms. The van der Waals surface area contributed by atoms with E-state index >= 15 is 0 Å². The highest BCUT2D eigenvalue weighted by Gasteiger charge is 2.18. The summed E-state index contributed by atoms with van der Waals surface area (Å²) in [5.74, 6) is -1.13. The Balaban J connectivity index is 4.05. The second kappa shape index (κ2) is 5.35. The molecule has 0 saturated carbocycles. The van der Waals surface area contributed by atoms with Crippen LogP contribution in [0.1, 0.15) is 13.8 Å². The summed E-state index contributed by atoms with van der Waals surface area (Å²) < 4.78 is 9.19. The lowest BCUT2D eigenvalue weighted by molar-refractivity contribution is -0.162. The largest absolute Gasteiger partial charge is 0.463 e. The topological polar surface area (TPSA) is 52.6 Å². The van der Waals surface area contributed by atoms with E-state index in [-0.39, 0.29) is 6.61 Å². The number of carbonyl (C=O) groups is 2. The lowest BCUT2D eigenvalue weighted by Gasteiger charge is -2.10. The third-order valence-electron chi connectivity index (χ3n) is 1.03. The first-order valence-electron chi connectivity index (χ1n) is 3.58. The molecular formula is C8H12O4. The van der Waals surface area contributed by atoms with Gasteiger partial charge in [-0.05, 0) is 13.0 Å². The molecule has 68 valence electrons. The highest BCUT2D eigenvalue weighted by Crippen LogP contribution is 1.97. The van der Waals surface area contributed by atoms with Crippen molar-refractivity contribution in [1.82, 2.24) is 0 Å². The summed E-state index contributed by atoms with van der Waals surface area (Å²) in [5, 5.41) is 0. The lowest BCUT2D eigenvalue weighted by atomic mass is 10.3. The molecule has 0 aromatic carbocycles. The van der Waals surface area contributed by atoms with E-state index < -0.39 is 18.0 Å². The van der Waals surface area contributed by atoms with Crippen LogP contribution in [0.25, 0.3) is 0 Å². The molecule has 1 atom stereocenters. The molecule has 0 aliphatic rings. The van der Waals surface area contributed by atoms with E-state index in [1.54, 1.807) is 6.92 Å². The Morgan fingerprint density at radius 2 is 2.17 bits per heavy atom. The first-order chi connectivity index (χ1) is 5.61. The molecule has 0 N–H and O–H groups in total. The van der Waals surface area contributed by atoms with E-state index in [1.165, 1.54) is 13.0 Å². The van der Waals surface area contributed by atoms with Crippen LogP contribution in [0.15, 0.2) is 12.7 Å². The van der Waals surface area contributed by atoms with Crippen molar-refractivity contribution in [3.05, 3.63) is 12.7 Å². The molecule has 0 saturated heterocycles. The molecule has 0 aromatic rings. The van der Waals surface area contributed by atoms with Crippen LogP contribution in [-0.2, 0) is 19.1 Å². The van der Waals surface area contributed by atoms with Crippen LogP contribution < -0.4 is 0 Å². The summed E-state index contributed by atoms with van der Waals surface area (Å²) in [7, 11) is 0. The minimum absolute atomic E-state index is 0.254. The maximum absolute atomic E-state index is 10.9. The quantitative estimate of drug-likeness (QED) is 0.462. The summed E-state index contributed by atoms with van der Waals surface area (Å²) in [6.07, 6.45) is 0.238. The van der Waals surface area contributed by atoms with Gasteiger partial charge in [0.2, 0.25) is 6.10 Å². The molecule has 0 rings (SSSR count). The molecule has 0 spiro atoms. The van der Waals surface area contributed by atoms with Crippen LogP contribution in [0, 0.1) is 0 Å². The predicted octanol–water partition coefficient (Wildman–Crippen LogP) is 0.667. The Kier molecular flexibility index (Phi) is 4.76. The standard InChI is InChI=1S/C8H12O4/c1-4-7(12-6(3)9)8(10)11-5-2/h4,7H,1,5H2,2-3H3. The van der Waals surface area contributed by atoms with Gasteiger partial charge in [-0.25, -0.2) is 4.79 Å². The number of rotatable bonds is 4. The summed E-state index contributed by atoms with van der Waals surface area (Å²) in [6.45, 7) is 6.48. The Morgan fingerprint density at radius 1 is 1.58 bits per heavy atom. The fourth-order valence-electron chi connectivity index (χ4n) is 0.596. The zero-order valence-corrected chi connectivity index (χ0v) is 7.20. The molecular weight excluding hydrogens is 160 g/mol. The zero-order chi connectivity index (χ0) is 9.56.